The molecule has 0 bridgehead atoms. The van der Waals surface area contributed by atoms with Crippen molar-refractivity contribution in [3.8, 4) is 6.07 Å². The number of aromatic nitrogens is 2. The zero-order valence-electron chi connectivity index (χ0n) is 5.90. The van der Waals surface area contributed by atoms with E-state index in [1.54, 1.807) is 6.07 Å². The highest BCUT2D eigenvalue weighted by molar-refractivity contribution is 6.30. The van der Waals surface area contributed by atoms with Crippen LogP contribution in [0.3, 0.4) is 0 Å². The van der Waals surface area contributed by atoms with Gasteiger partial charge in [-0.2, -0.15) is 5.26 Å². The summed E-state index contributed by atoms with van der Waals surface area (Å²) in [7, 11) is 0. The molecule has 1 atom stereocenters. The molecule has 0 aromatic carbocycles. The van der Waals surface area contributed by atoms with E-state index in [2.05, 4.69) is 14.8 Å². The molecule has 0 radical (unpaired) electrons. The Hall–Kier alpha value is -1.65. The van der Waals surface area contributed by atoms with Crippen molar-refractivity contribution in [2.75, 3.05) is 0 Å². The monoisotopic (exact) mass is 178 g/mol. The van der Waals surface area contributed by atoms with Crippen LogP contribution in [0.1, 0.15) is 11.7 Å². The fourth-order valence-corrected chi connectivity index (χ4v) is 0.875. The van der Waals surface area contributed by atoms with Crippen molar-refractivity contribution >= 4 is 11.6 Å². The van der Waals surface area contributed by atoms with Crippen LogP contribution >= 0.6 is 11.6 Å². The molecule has 0 aliphatic heterocycles. The second-order valence-electron chi connectivity index (χ2n) is 1.89. The van der Waals surface area contributed by atoms with E-state index in [0.717, 1.165) is 0 Å². The summed E-state index contributed by atoms with van der Waals surface area (Å²) in [5, 5.41) is 8.62. The minimum atomic E-state index is -0.953. The fourth-order valence-electron chi connectivity index (χ4n) is 0.666. The lowest BCUT2D eigenvalue weighted by Crippen LogP contribution is -1.96. The van der Waals surface area contributed by atoms with Crippen LogP contribution in [0.15, 0.2) is 12.4 Å². The average Bonchev–Trinajstić information content (AvgIpc) is 2.10. The molecule has 58 valence electrons. The van der Waals surface area contributed by atoms with E-state index in [1.165, 1.54) is 12.4 Å². The van der Waals surface area contributed by atoms with Crippen molar-refractivity contribution in [2.45, 2.75) is 6.04 Å². The van der Waals surface area contributed by atoms with Gasteiger partial charge in [0.15, 0.2) is 16.9 Å². The molecule has 5 heteroatoms. The van der Waals surface area contributed by atoms with Gasteiger partial charge in [0.05, 0.1) is 0 Å². The van der Waals surface area contributed by atoms with Crippen LogP contribution < -0.4 is 0 Å². The van der Waals surface area contributed by atoms with Crippen molar-refractivity contribution < 1.29 is 0 Å². The number of rotatable bonds is 1. The summed E-state index contributed by atoms with van der Waals surface area (Å²) in [6.07, 6.45) is 2.81. The second kappa shape index (κ2) is 3.66. The van der Waals surface area contributed by atoms with Gasteiger partial charge in [-0.05, 0) is 0 Å². The third kappa shape index (κ3) is 1.50. The first-order valence-electron chi connectivity index (χ1n) is 3.02. The minimum Gasteiger partial charge on any atom is -0.290 e. The highest BCUT2D eigenvalue weighted by atomic mass is 35.5. The summed E-state index contributed by atoms with van der Waals surface area (Å²) >= 11 is 5.61. The Bertz CT molecular complexity index is 348. The molecule has 0 N–H and O–H groups in total. The van der Waals surface area contributed by atoms with Crippen LogP contribution in [0.25, 0.3) is 4.85 Å². The predicted octanol–water partition coefficient (Wildman–Crippen LogP) is 1.61. The molecule has 0 aliphatic rings. The third-order valence-electron chi connectivity index (χ3n) is 1.19. The lowest BCUT2D eigenvalue weighted by atomic mass is 10.2. The summed E-state index contributed by atoms with van der Waals surface area (Å²) in [6, 6.07) is 0.815. The van der Waals surface area contributed by atoms with E-state index < -0.39 is 6.04 Å². The maximum Gasteiger partial charge on any atom is 0.351 e. The predicted molar refractivity (Wildman–Crippen MR) is 42.0 cm³/mol. The van der Waals surface area contributed by atoms with Gasteiger partial charge in [-0.1, -0.05) is 11.6 Å². The fraction of sp³-hybridized carbons (Fsp3) is 0.143. The van der Waals surface area contributed by atoms with Gasteiger partial charge in [-0.15, -0.1) is 0 Å². The lowest BCUT2D eigenvalue weighted by molar-refractivity contribution is 0.970. The first kappa shape index (κ1) is 8.45. The van der Waals surface area contributed by atoms with Gasteiger partial charge >= 0.3 is 6.04 Å². The Morgan fingerprint density at radius 2 is 2.25 bits per heavy atom. The number of nitriles is 1. The molecule has 0 saturated carbocycles. The highest BCUT2D eigenvalue weighted by Crippen LogP contribution is 2.19. The van der Waals surface area contributed by atoms with Crippen molar-refractivity contribution in [3.05, 3.63) is 34.7 Å². The molecule has 0 saturated heterocycles. The summed E-state index contributed by atoms with van der Waals surface area (Å²) in [6.45, 7) is 6.67. The smallest absolute Gasteiger partial charge is 0.290 e. The van der Waals surface area contributed by atoms with Crippen LogP contribution in [0.2, 0.25) is 5.15 Å². The molecule has 0 aliphatic carbocycles. The molecule has 0 fully saturated rings. The van der Waals surface area contributed by atoms with E-state index in [1.807, 2.05) is 0 Å². The Kier molecular flexibility index (Phi) is 2.57. The normalized spacial score (nSPS) is 11.2. The summed E-state index contributed by atoms with van der Waals surface area (Å²) in [4.78, 5) is 10.5. The van der Waals surface area contributed by atoms with E-state index in [4.69, 9.17) is 23.4 Å². The van der Waals surface area contributed by atoms with Crippen molar-refractivity contribution in [3.63, 3.8) is 0 Å². The maximum atomic E-state index is 8.51. The van der Waals surface area contributed by atoms with Crippen molar-refractivity contribution in [2.24, 2.45) is 0 Å². The minimum absolute atomic E-state index is 0.111. The molecular weight excluding hydrogens is 176 g/mol. The molecule has 0 spiro atoms. The number of nitrogens with zero attached hydrogens (tertiary/aromatic N) is 4. The summed E-state index contributed by atoms with van der Waals surface area (Å²) < 4.78 is 0. The van der Waals surface area contributed by atoms with E-state index in [0.29, 0.717) is 0 Å². The lowest BCUT2D eigenvalue weighted by Gasteiger charge is -1.96. The van der Waals surface area contributed by atoms with Crippen molar-refractivity contribution in [1.29, 1.82) is 5.26 Å². The number of halogens is 1. The van der Waals surface area contributed by atoms with Crippen LogP contribution in [0.4, 0.5) is 0 Å². The maximum absolute atomic E-state index is 8.51. The highest BCUT2D eigenvalue weighted by Gasteiger charge is 2.19. The van der Waals surface area contributed by atoms with Gasteiger partial charge in [0.25, 0.3) is 0 Å². The van der Waals surface area contributed by atoms with Crippen molar-refractivity contribution in [1.82, 2.24) is 9.97 Å². The van der Waals surface area contributed by atoms with Crippen LogP contribution in [0, 0.1) is 17.9 Å². The first-order chi connectivity index (χ1) is 5.79. The average molecular weight is 179 g/mol. The molecule has 1 aromatic heterocycles. The SMILES string of the molecule is [C-]#[N+]C(C#N)c1nccnc1Cl. The third-order valence-corrected chi connectivity index (χ3v) is 1.48. The van der Waals surface area contributed by atoms with E-state index in [9.17, 15) is 0 Å². The number of hydrogen-bond acceptors (Lipinski definition) is 3. The molecule has 0 amide bonds. The molecular formula is C7H3ClN4. The van der Waals surface area contributed by atoms with Gasteiger partial charge in [0, 0.05) is 12.4 Å². The Morgan fingerprint density at radius 3 is 2.75 bits per heavy atom. The van der Waals surface area contributed by atoms with Crippen LogP contribution in [-0.2, 0) is 0 Å². The molecule has 1 heterocycles. The summed E-state index contributed by atoms with van der Waals surface area (Å²) in [5.74, 6) is 0. The molecule has 12 heavy (non-hydrogen) atoms. The molecule has 4 nitrogen and oxygen atoms in total. The van der Waals surface area contributed by atoms with Gasteiger partial charge in [-0.25, -0.2) is 16.5 Å². The first-order valence-corrected chi connectivity index (χ1v) is 3.40. The zero-order valence-corrected chi connectivity index (χ0v) is 6.65. The van der Waals surface area contributed by atoms with Gasteiger partial charge in [0.2, 0.25) is 0 Å². The van der Waals surface area contributed by atoms with E-state index in [-0.39, 0.29) is 10.8 Å². The zero-order chi connectivity index (χ0) is 8.97. The van der Waals surface area contributed by atoms with E-state index >= 15 is 0 Å². The second-order valence-corrected chi connectivity index (χ2v) is 2.25. The quantitative estimate of drug-likeness (QED) is 0.614. The largest absolute Gasteiger partial charge is 0.351 e. The van der Waals surface area contributed by atoms with Gasteiger partial charge < -0.3 is 0 Å². The standard InChI is InChI=1S/C7H3ClN4/c1-10-5(4-9)6-7(8)12-3-2-11-6/h2-3,5H. The van der Waals surface area contributed by atoms with Gasteiger partial charge in [0.1, 0.15) is 0 Å². The molecule has 1 aromatic rings. The Morgan fingerprint density at radius 1 is 1.58 bits per heavy atom. The van der Waals surface area contributed by atoms with Gasteiger partial charge in [-0.3, -0.25) is 4.85 Å². The topological polar surface area (TPSA) is 53.9 Å². The Labute approximate surface area is 74.3 Å². The Balaban J connectivity index is 3.13. The molecule has 1 unspecified atom stereocenters. The van der Waals surface area contributed by atoms with Crippen LogP contribution in [-0.4, -0.2) is 9.97 Å². The molecule has 1 rings (SSSR count). The number of hydrogen-bond donors (Lipinski definition) is 0. The summed E-state index contributed by atoms with van der Waals surface area (Å²) in [5.41, 5.74) is 0.219. The van der Waals surface area contributed by atoms with Crippen LogP contribution in [0.5, 0.6) is 0 Å².